The van der Waals surface area contributed by atoms with E-state index in [1.165, 1.54) is 6.20 Å². The van der Waals surface area contributed by atoms with Crippen LogP contribution in [0.25, 0.3) is 16.2 Å². The number of fused-ring (bicyclic) bond motifs is 1. The summed E-state index contributed by atoms with van der Waals surface area (Å²) in [5, 5.41) is 12.8. The topological polar surface area (TPSA) is 97.0 Å². The molecule has 3 aromatic heterocycles. The molecule has 0 saturated carbocycles. The number of rotatable bonds is 6. The zero-order chi connectivity index (χ0) is 25.5. The summed E-state index contributed by atoms with van der Waals surface area (Å²) in [6.45, 7) is 3.51. The van der Waals surface area contributed by atoms with E-state index in [9.17, 15) is 18.3 Å². The maximum absolute atomic E-state index is 13.3. The minimum Gasteiger partial charge on any atom is -0.495 e. The highest BCUT2D eigenvalue weighted by molar-refractivity contribution is 7.15. The number of hydrogen-bond acceptors (Lipinski definition) is 9. The van der Waals surface area contributed by atoms with Gasteiger partial charge in [0.1, 0.15) is 16.5 Å². The lowest BCUT2D eigenvalue weighted by Crippen LogP contribution is -2.39. The van der Waals surface area contributed by atoms with E-state index in [1.54, 1.807) is 30.1 Å². The van der Waals surface area contributed by atoms with Gasteiger partial charge < -0.3 is 29.2 Å². The molecule has 36 heavy (non-hydrogen) atoms. The molecule has 0 amide bonds. The van der Waals surface area contributed by atoms with Crippen molar-refractivity contribution >= 4 is 34.2 Å². The first-order chi connectivity index (χ1) is 17.2. The van der Waals surface area contributed by atoms with Crippen molar-refractivity contribution in [3.8, 4) is 16.3 Å². The van der Waals surface area contributed by atoms with Crippen molar-refractivity contribution in [2.24, 2.45) is 0 Å². The van der Waals surface area contributed by atoms with Crippen LogP contribution in [0, 0.1) is 0 Å². The number of aliphatic hydroxyl groups is 1. The molecule has 0 bridgehead atoms. The van der Waals surface area contributed by atoms with Crippen molar-refractivity contribution in [2.75, 3.05) is 43.6 Å². The number of nitrogens with zero attached hydrogens (tertiary/aromatic N) is 5. The molecule has 13 heteroatoms. The Balaban J connectivity index is 1.48. The first-order valence-corrected chi connectivity index (χ1v) is 11.9. The number of alkyl halides is 3. The van der Waals surface area contributed by atoms with Gasteiger partial charge in [-0.3, -0.25) is 0 Å². The van der Waals surface area contributed by atoms with Gasteiger partial charge in [-0.1, -0.05) is 0 Å². The monoisotopic (exact) mass is 520 g/mol. The lowest BCUT2D eigenvalue weighted by Gasteiger charge is -2.30. The van der Waals surface area contributed by atoms with E-state index in [-0.39, 0.29) is 0 Å². The molecule has 2 N–H and O–H groups in total. The Labute approximate surface area is 208 Å². The van der Waals surface area contributed by atoms with Crippen LogP contribution in [0.3, 0.4) is 0 Å². The summed E-state index contributed by atoms with van der Waals surface area (Å²) in [4.78, 5) is 15.3. The number of morpholine rings is 1. The van der Waals surface area contributed by atoms with Gasteiger partial charge in [-0.2, -0.15) is 13.2 Å². The fraction of sp³-hybridized carbons (Fsp3) is 0.348. The van der Waals surface area contributed by atoms with Crippen LogP contribution in [-0.2, 0) is 10.3 Å². The summed E-state index contributed by atoms with van der Waals surface area (Å²) in [7, 11) is 1.60. The van der Waals surface area contributed by atoms with Crippen molar-refractivity contribution in [3.05, 3.63) is 48.0 Å². The van der Waals surface area contributed by atoms with Gasteiger partial charge in [-0.25, -0.2) is 15.0 Å². The molecule has 1 fully saturated rings. The van der Waals surface area contributed by atoms with E-state index >= 15 is 0 Å². The number of anilines is 3. The van der Waals surface area contributed by atoms with Crippen LogP contribution >= 0.6 is 11.3 Å². The minimum absolute atomic E-state index is 0.369. The van der Waals surface area contributed by atoms with Gasteiger partial charge in [0.25, 0.3) is 0 Å². The van der Waals surface area contributed by atoms with Gasteiger partial charge in [0.15, 0.2) is 11.5 Å². The zero-order valence-corrected chi connectivity index (χ0v) is 20.2. The Morgan fingerprint density at radius 2 is 1.97 bits per heavy atom. The molecule has 190 valence electrons. The maximum Gasteiger partial charge on any atom is 0.423 e. The lowest BCUT2D eigenvalue weighted by molar-refractivity contribution is -0.258. The number of hydrogen-bond donors (Lipinski definition) is 2. The molecule has 0 aliphatic carbocycles. The van der Waals surface area contributed by atoms with Crippen molar-refractivity contribution in [3.63, 3.8) is 0 Å². The molecule has 1 aliphatic heterocycles. The number of imidazole rings is 1. The van der Waals surface area contributed by atoms with Crippen molar-refractivity contribution in [1.29, 1.82) is 0 Å². The highest BCUT2D eigenvalue weighted by Gasteiger charge is 2.53. The summed E-state index contributed by atoms with van der Waals surface area (Å²) >= 11 is 0.729. The molecule has 1 atom stereocenters. The average molecular weight is 521 g/mol. The maximum atomic E-state index is 13.3. The van der Waals surface area contributed by atoms with Gasteiger partial charge in [-0.15, -0.1) is 11.3 Å². The Bertz CT molecular complexity index is 1380. The molecule has 4 aromatic rings. The fourth-order valence-electron chi connectivity index (χ4n) is 3.83. The standard InChI is InChI=1S/C23H23F3N6O3S/c1-22(33,23(24,25)26)21-28-12-18(36-21)15-13-32-6-5-27-20(32)19(30-15)29-14-3-4-16(17(11-14)34-2)31-7-9-35-10-8-31/h3-6,11-13,33H,7-10H2,1-2H3,(H,29,30). The molecule has 9 nitrogen and oxygen atoms in total. The molecule has 5 rings (SSSR count). The van der Waals surface area contributed by atoms with Crippen LogP contribution in [0.15, 0.2) is 43.0 Å². The number of benzene rings is 1. The SMILES string of the molecule is COc1cc(Nc2nc(-c3cnc(C(C)(O)C(F)(F)F)s3)cn3ccnc23)ccc1N1CCOCC1. The average Bonchev–Trinajstić information content (AvgIpc) is 3.54. The number of nitrogens with one attached hydrogen (secondary N) is 1. The lowest BCUT2D eigenvalue weighted by atomic mass is 10.1. The molecule has 4 heterocycles. The van der Waals surface area contributed by atoms with Crippen LogP contribution in [0.1, 0.15) is 11.9 Å². The predicted octanol–water partition coefficient (Wildman–Crippen LogP) is 4.21. The largest absolute Gasteiger partial charge is 0.495 e. The van der Waals surface area contributed by atoms with Crippen molar-refractivity contribution in [1.82, 2.24) is 19.4 Å². The Kier molecular flexibility index (Phi) is 6.22. The van der Waals surface area contributed by atoms with E-state index in [0.717, 1.165) is 30.1 Å². The molecule has 1 saturated heterocycles. The van der Waals surface area contributed by atoms with Crippen LogP contribution in [0.2, 0.25) is 0 Å². The normalized spacial score (nSPS) is 16.2. The zero-order valence-electron chi connectivity index (χ0n) is 19.4. The van der Waals surface area contributed by atoms with Crippen LogP contribution in [0.5, 0.6) is 5.75 Å². The summed E-state index contributed by atoms with van der Waals surface area (Å²) in [5.74, 6) is 1.08. The first-order valence-electron chi connectivity index (χ1n) is 11.0. The second-order valence-corrected chi connectivity index (χ2v) is 9.37. The third-order valence-electron chi connectivity index (χ3n) is 5.89. The van der Waals surface area contributed by atoms with Gasteiger partial charge >= 0.3 is 6.18 Å². The minimum atomic E-state index is -4.86. The van der Waals surface area contributed by atoms with Gasteiger partial charge in [-0.05, 0) is 19.1 Å². The third-order valence-corrected chi connectivity index (χ3v) is 7.13. The number of thiazole rings is 1. The Hall–Kier alpha value is -3.42. The van der Waals surface area contributed by atoms with Crippen LogP contribution in [0.4, 0.5) is 30.4 Å². The first kappa shape index (κ1) is 24.3. The molecular weight excluding hydrogens is 497 g/mol. The highest BCUT2D eigenvalue weighted by atomic mass is 32.1. The van der Waals surface area contributed by atoms with E-state index < -0.39 is 16.8 Å². The van der Waals surface area contributed by atoms with E-state index in [2.05, 4.69) is 25.2 Å². The second-order valence-electron chi connectivity index (χ2n) is 8.34. The van der Waals surface area contributed by atoms with Crippen LogP contribution in [-0.4, -0.2) is 64.0 Å². The van der Waals surface area contributed by atoms with Crippen molar-refractivity contribution in [2.45, 2.75) is 18.7 Å². The number of halogens is 3. The molecule has 0 radical (unpaired) electrons. The highest BCUT2D eigenvalue weighted by Crippen LogP contribution is 2.42. The van der Waals surface area contributed by atoms with E-state index in [1.807, 2.05) is 18.2 Å². The summed E-state index contributed by atoms with van der Waals surface area (Å²) < 4.78 is 52.6. The van der Waals surface area contributed by atoms with Crippen LogP contribution < -0.4 is 15.0 Å². The quantitative estimate of drug-likeness (QED) is 0.390. The number of aromatic nitrogens is 4. The number of methoxy groups -OCH3 is 1. The molecular formula is C23H23F3N6O3S. The van der Waals surface area contributed by atoms with Crippen molar-refractivity contribution < 1.29 is 27.8 Å². The summed E-state index contributed by atoms with van der Waals surface area (Å²) in [6.07, 6.45) is 1.37. The van der Waals surface area contributed by atoms with Gasteiger partial charge in [0.2, 0.25) is 5.60 Å². The third kappa shape index (κ3) is 4.45. The van der Waals surface area contributed by atoms with E-state index in [0.29, 0.717) is 53.6 Å². The molecule has 1 unspecified atom stereocenters. The molecule has 1 aromatic carbocycles. The Morgan fingerprint density at radius 1 is 1.19 bits per heavy atom. The summed E-state index contributed by atoms with van der Waals surface area (Å²) in [5.41, 5.74) is -0.505. The number of ether oxygens (including phenoxy) is 2. The Morgan fingerprint density at radius 3 is 2.69 bits per heavy atom. The molecule has 1 aliphatic rings. The van der Waals surface area contributed by atoms with Gasteiger partial charge in [0.05, 0.1) is 30.9 Å². The van der Waals surface area contributed by atoms with E-state index in [4.69, 9.17) is 9.47 Å². The second kappa shape index (κ2) is 9.22. The summed E-state index contributed by atoms with van der Waals surface area (Å²) in [6, 6.07) is 5.70. The molecule has 0 spiro atoms. The fourth-order valence-corrected chi connectivity index (χ4v) is 4.77. The van der Waals surface area contributed by atoms with Gasteiger partial charge in [0, 0.05) is 49.6 Å². The predicted molar refractivity (Wildman–Crippen MR) is 129 cm³/mol. The smallest absolute Gasteiger partial charge is 0.423 e.